The molecule has 0 saturated carbocycles. The van der Waals surface area contributed by atoms with E-state index in [4.69, 9.17) is 16.2 Å². The fourth-order valence-electron chi connectivity index (χ4n) is 2.43. The van der Waals surface area contributed by atoms with Crippen molar-refractivity contribution in [3.63, 3.8) is 0 Å². The van der Waals surface area contributed by atoms with Crippen molar-refractivity contribution in [2.75, 3.05) is 17.7 Å². The second-order valence-electron chi connectivity index (χ2n) is 5.86. The standard InChI is InChI=1S/C18H19FN6O2/c1-3-27-17-15-14(24-18(21)25-17)7-6-12(22-15)10-4-5-13(11(19)8-10)23-16(26)9(2)20/h4-9H,3,20H2,1-2H3,(H,23,26)(H2,21,24,25). The number of benzene rings is 1. The Hall–Kier alpha value is -3.33. The van der Waals surface area contributed by atoms with E-state index in [0.29, 0.717) is 28.9 Å². The summed E-state index contributed by atoms with van der Waals surface area (Å²) < 4.78 is 19.8. The van der Waals surface area contributed by atoms with Crippen molar-refractivity contribution in [2.45, 2.75) is 19.9 Å². The van der Waals surface area contributed by atoms with Crippen molar-refractivity contribution in [1.29, 1.82) is 0 Å². The van der Waals surface area contributed by atoms with Gasteiger partial charge in [-0.15, -0.1) is 0 Å². The molecular formula is C18H19FN6O2. The van der Waals surface area contributed by atoms with E-state index in [1.165, 1.54) is 19.1 Å². The third-order valence-corrected chi connectivity index (χ3v) is 3.74. The molecule has 3 rings (SSSR count). The molecule has 1 aromatic carbocycles. The van der Waals surface area contributed by atoms with Gasteiger partial charge in [0.1, 0.15) is 5.82 Å². The van der Waals surface area contributed by atoms with Crippen molar-refractivity contribution < 1.29 is 13.9 Å². The van der Waals surface area contributed by atoms with Crippen LogP contribution in [0.3, 0.4) is 0 Å². The molecule has 3 aromatic rings. The molecule has 0 radical (unpaired) electrons. The summed E-state index contributed by atoms with van der Waals surface area (Å²) in [4.78, 5) is 24.3. The molecule has 0 aliphatic heterocycles. The summed E-state index contributed by atoms with van der Waals surface area (Å²) in [7, 11) is 0. The van der Waals surface area contributed by atoms with E-state index in [9.17, 15) is 9.18 Å². The number of hydrogen-bond acceptors (Lipinski definition) is 7. The lowest BCUT2D eigenvalue weighted by molar-refractivity contribution is -0.117. The molecule has 0 saturated heterocycles. The van der Waals surface area contributed by atoms with Gasteiger partial charge in [0.25, 0.3) is 0 Å². The first kappa shape index (κ1) is 18.5. The number of aromatic nitrogens is 3. The van der Waals surface area contributed by atoms with Crippen molar-refractivity contribution >= 4 is 28.6 Å². The summed E-state index contributed by atoms with van der Waals surface area (Å²) in [6.45, 7) is 3.73. The molecule has 2 heterocycles. The number of rotatable bonds is 5. The van der Waals surface area contributed by atoms with Gasteiger partial charge in [-0.05, 0) is 38.1 Å². The van der Waals surface area contributed by atoms with E-state index in [1.54, 1.807) is 18.2 Å². The largest absolute Gasteiger partial charge is 0.476 e. The van der Waals surface area contributed by atoms with E-state index in [0.717, 1.165) is 0 Å². The van der Waals surface area contributed by atoms with Crippen LogP contribution >= 0.6 is 0 Å². The average molecular weight is 370 g/mol. The molecule has 27 heavy (non-hydrogen) atoms. The second-order valence-corrected chi connectivity index (χ2v) is 5.86. The van der Waals surface area contributed by atoms with Crippen molar-refractivity contribution in [3.8, 4) is 17.1 Å². The topological polar surface area (TPSA) is 129 Å². The molecule has 1 amide bonds. The summed E-state index contributed by atoms with van der Waals surface area (Å²) in [5.41, 5.74) is 13.2. The number of ether oxygens (including phenoxy) is 1. The van der Waals surface area contributed by atoms with Gasteiger partial charge in [0.05, 0.1) is 29.5 Å². The first-order chi connectivity index (χ1) is 12.9. The van der Waals surface area contributed by atoms with Crippen LogP contribution in [0.1, 0.15) is 13.8 Å². The number of nitrogens with two attached hydrogens (primary N) is 2. The molecular weight excluding hydrogens is 351 g/mol. The summed E-state index contributed by atoms with van der Waals surface area (Å²) in [5, 5.41) is 2.44. The van der Waals surface area contributed by atoms with Crippen LogP contribution in [-0.2, 0) is 4.79 Å². The summed E-state index contributed by atoms with van der Waals surface area (Å²) in [5.74, 6) is -0.715. The number of carbonyl (C=O) groups excluding carboxylic acids is 1. The van der Waals surface area contributed by atoms with Gasteiger partial charge >= 0.3 is 0 Å². The van der Waals surface area contributed by atoms with Crippen LogP contribution in [0.25, 0.3) is 22.3 Å². The number of anilines is 2. The Bertz CT molecular complexity index is 1010. The predicted molar refractivity (Wildman–Crippen MR) is 101 cm³/mol. The highest BCUT2D eigenvalue weighted by Crippen LogP contribution is 2.28. The van der Waals surface area contributed by atoms with Crippen LogP contribution in [0, 0.1) is 5.82 Å². The summed E-state index contributed by atoms with van der Waals surface area (Å²) in [6.07, 6.45) is 0. The molecule has 8 nitrogen and oxygen atoms in total. The number of nitrogens with zero attached hydrogens (tertiary/aromatic N) is 3. The molecule has 0 fully saturated rings. The van der Waals surface area contributed by atoms with Gasteiger partial charge in [0, 0.05) is 5.56 Å². The Morgan fingerprint density at radius 3 is 2.70 bits per heavy atom. The van der Waals surface area contributed by atoms with Crippen LogP contribution in [0.2, 0.25) is 0 Å². The molecule has 5 N–H and O–H groups in total. The lowest BCUT2D eigenvalue weighted by Crippen LogP contribution is -2.32. The Kier molecular flexibility index (Phi) is 5.13. The SMILES string of the molecule is CCOc1nc(N)nc2ccc(-c3ccc(NC(=O)C(C)N)c(F)c3)nc12. The lowest BCUT2D eigenvalue weighted by Gasteiger charge is -2.11. The van der Waals surface area contributed by atoms with Crippen molar-refractivity contribution in [2.24, 2.45) is 5.73 Å². The van der Waals surface area contributed by atoms with Crippen LogP contribution < -0.4 is 21.5 Å². The molecule has 0 bridgehead atoms. The molecule has 1 unspecified atom stereocenters. The maximum absolute atomic E-state index is 14.4. The van der Waals surface area contributed by atoms with E-state index in [-0.39, 0.29) is 17.5 Å². The number of fused-ring (bicyclic) bond motifs is 1. The smallest absolute Gasteiger partial charge is 0.245 e. The number of nitrogens with one attached hydrogen (secondary N) is 1. The third kappa shape index (κ3) is 3.93. The van der Waals surface area contributed by atoms with Gasteiger partial charge in [0.2, 0.25) is 17.7 Å². The van der Waals surface area contributed by atoms with Crippen LogP contribution in [-0.4, -0.2) is 33.5 Å². The average Bonchev–Trinajstić information content (AvgIpc) is 2.63. The highest BCUT2D eigenvalue weighted by molar-refractivity contribution is 5.94. The molecule has 140 valence electrons. The fourth-order valence-corrected chi connectivity index (χ4v) is 2.43. The van der Waals surface area contributed by atoms with Gasteiger partial charge in [-0.25, -0.2) is 14.4 Å². The maximum atomic E-state index is 14.4. The normalized spacial score (nSPS) is 12.0. The monoisotopic (exact) mass is 370 g/mol. The van der Waals surface area contributed by atoms with Gasteiger partial charge in [0.15, 0.2) is 5.52 Å². The lowest BCUT2D eigenvalue weighted by atomic mass is 10.1. The van der Waals surface area contributed by atoms with Gasteiger partial charge < -0.3 is 21.5 Å². The molecule has 2 aromatic heterocycles. The molecule has 1 atom stereocenters. The highest BCUT2D eigenvalue weighted by Gasteiger charge is 2.14. The molecule has 0 aliphatic carbocycles. The summed E-state index contributed by atoms with van der Waals surface area (Å²) in [6, 6.07) is 7.05. The Morgan fingerprint density at radius 1 is 1.26 bits per heavy atom. The number of hydrogen-bond donors (Lipinski definition) is 3. The quantitative estimate of drug-likeness (QED) is 0.627. The van der Waals surface area contributed by atoms with Crippen molar-refractivity contribution in [1.82, 2.24) is 15.0 Å². The van der Waals surface area contributed by atoms with E-state index in [1.807, 2.05) is 6.92 Å². The minimum Gasteiger partial charge on any atom is -0.476 e. The highest BCUT2D eigenvalue weighted by atomic mass is 19.1. The first-order valence-electron chi connectivity index (χ1n) is 8.32. The predicted octanol–water partition coefficient (Wildman–Crippen LogP) is 2.10. The zero-order valence-electron chi connectivity index (χ0n) is 14.9. The zero-order chi connectivity index (χ0) is 19.6. The van der Waals surface area contributed by atoms with E-state index < -0.39 is 17.8 Å². The van der Waals surface area contributed by atoms with Gasteiger partial charge in [-0.1, -0.05) is 6.07 Å². The maximum Gasteiger partial charge on any atom is 0.245 e. The molecule has 0 spiro atoms. The fraction of sp³-hybridized carbons (Fsp3) is 0.222. The van der Waals surface area contributed by atoms with Crippen molar-refractivity contribution in [3.05, 3.63) is 36.1 Å². The Morgan fingerprint density at radius 2 is 2.04 bits per heavy atom. The van der Waals surface area contributed by atoms with Gasteiger partial charge in [-0.3, -0.25) is 4.79 Å². The minimum atomic E-state index is -0.740. The minimum absolute atomic E-state index is 0.0490. The van der Waals surface area contributed by atoms with Crippen LogP contribution in [0.15, 0.2) is 30.3 Å². The third-order valence-electron chi connectivity index (χ3n) is 3.74. The number of pyridine rings is 1. The number of amides is 1. The molecule has 0 aliphatic rings. The van der Waals surface area contributed by atoms with E-state index in [2.05, 4.69) is 20.3 Å². The number of halogens is 1. The van der Waals surface area contributed by atoms with Gasteiger partial charge in [-0.2, -0.15) is 4.98 Å². The van der Waals surface area contributed by atoms with E-state index >= 15 is 0 Å². The molecule has 9 heteroatoms. The number of nitrogen functional groups attached to an aromatic ring is 1. The summed E-state index contributed by atoms with van der Waals surface area (Å²) >= 11 is 0. The zero-order valence-corrected chi connectivity index (χ0v) is 14.9. The van der Waals surface area contributed by atoms with Crippen LogP contribution in [0.4, 0.5) is 16.0 Å². The first-order valence-corrected chi connectivity index (χ1v) is 8.32. The number of carbonyl (C=O) groups is 1. The second kappa shape index (κ2) is 7.50. The van der Waals surface area contributed by atoms with Crippen LogP contribution in [0.5, 0.6) is 5.88 Å². The Labute approximate surface area is 154 Å². The Balaban J connectivity index is 2.00.